The molecule has 0 radical (unpaired) electrons. The molecule has 6 nitrogen and oxygen atoms in total. The molecular weight excluding hydrogens is 282 g/mol. The van der Waals surface area contributed by atoms with Crippen LogP contribution in [0.1, 0.15) is 48.5 Å². The molecule has 0 aromatic heterocycles. The minimum Gasteiger partial charge on any atom is -0.340 e. The molecule has 0 fully saturated rings. The fraction of sp³-hybridized carbons (Fsp3) is 0.438. The van der Waals surface area contributed by atoms with E-state index >= 15 is 0 Å². The van der Waals surface area contributed by atoms with Crippen molar-refractivity contribution >= 4 is 17.7 Å². The van der Waals surface area contributed by atoms with E-state index in [4.69, 9.17) is 0 Å². The van der Waals surface area contributed by atoms with Crippen LogP contribution in [0.4, 0.5) is 4.79 Å². The third kappa shape index (κ3) is 6.39. The molecule has 0 saturated carbocycles. The zero-order valence-electron chi connectivity index (χ0n) is 13.1. The second-order valence-electron chi connectivity index (χ2n) is 4.98. The van der Waals surface area contributed by atoms with Crippen molar-refractivity contribution in [2.45, 2.75) is 39.0 Å². The molecular formula is C16H23N3O3. The van der Waals surface area contributed by atoms with Gasteiger partial charge in [0.2, 0.25) is 5.91 Å². The van der Waals surface area contributed by atoms with Crippen molar-refractivity contribution in [1.82, 2.24) is 16.2 Å². The monoisotopic (exact) mass is 305 g/mol. The van der Waals surface area contributed by atoms with Crippen molar-refractivity contribution in [2.75, 3.05) is 7.05 Å². The van der Waals surface area contributed by atoms with Crippen molar-refractivity contribution in [3.8, 4) is 0 Å². The van der Waals surface area contributed by atoms with Gasteiger partial charge in [-0.15, -0.1) is 0 Å². The van der Waals surface area contributed by atoms with Crippen LogP contribution in [-0.2, 0) is 11.2 Å². The van der Waals surface area contributed by atoms with Crippen molar-refractivity contribution in [3.63, 3.8) is 0 Å². The zero-order chi connectivity index (χ0) is 16.4. The Bertz CT molecular complexity index is 512. The van der Waals surface area contributed by atoms with Crippen molar-refractivity contribution in [2.24, 2.45) is 0 Å². The summed E-state index contributed by atoms with van der Waals surface area (Å²) in [6, 6.07) is 7.00. The number of ketones is 1. The molecule has 3 N–H and O–H groups in total. The van der Waals surface area contributed by atoms with Crippen LogP contribution in [0.15, 0.2) is 24.3 Å². The maximum Gasteiger partial charge on any atom is 0.333 e. The summed E-state index contributed by atoms with van der Waals surface area (Å²) < 4.78 is 0. The fourth-order valence-electron chi connectivity index (χ4n) is 1.86. The van der Waals surface area contributed by atoms with Crippen LogP contribution in [-0.4, -0.2) is 24.8 Å². The molecule has 1 aromatic carbocycles. The van der Waals surface area contributed by atoms with E-state index in [1.54, 1.807) is 12.1 Å². The number of rotatable bonds is 7. The van der Waals surface area contributed by atoms with Crippen LogP contribution in [0.3, 0.4) is 0 Å². The molecule has 0 atom stereocenters. The molecule has 0 aliphatic carbocycles. The van der Waals surface area contributed by atoms with Gasteiger partial charge in [0, 0.05) is 25.5 Å². The number of aryl methyl sites for hydroxylation is 1. The first kappa shape index (κ1) is 17.7. The van der Waals surface area contributed by atoms with Crippen LogP contribution >= 0.6 is 0 Å². The Morgan fingerprint density at radius 3 is 2.27 bits per heavy atom. The minimum atomic E-state index is -0.512. The van der Waals surface area contributed by atoms with Crippen LogP contribution in [0.2, 0.25) is 0 Å². The number of benzene rings is 1. The van der Waals surface area contributed by atoms with Gasteiger partial charge in [-0.25, -0.2) is 10.2 Å². The molecule has 3 amide bonds. The van der Waals surface area contributed by atoms with Crippen LogP contribution in [0.25, 0.3) is 0 Å². The van der Waals surface area contributed by atoms with Gasteiger partial charge < -0.3 is 5.32 Å². The second kappa shape index (κ2) is 9.55. The van der Waals surface area contributed by atoms with Gasteiger partial charge in [0.15, 0.2) is 5.78 Å². The predicted octanol–water partition coefficient (Wildman–Crippen LogP) is 1.95. The average Bonchev–Trinajstić information content (AvgIpc) is 2.55. The van der Waals surface area contributed by atoms with Gasteiger partial charge in [0.1, 0.15) is 0 Å². The minimum absolute atomic E-state index is 0.0282. The number of hydrogen-bond donors (Lipinski definition) is 3. The first-order chi connectivity index (χ1) is 10.6. The Morgan fingerprint density at radius 1 is 1.00 bits per heavy atom. The molecule has 0 aliphatic rings. The summed E-state index contributed by atoms with van der Waals surface area (Å²) >= 11 is 0. The van der Waals surface area contributed by atoms with Crippen LogP contribution in [0.5, 0.6) is 0 Å². The first-order valence-electron chi connectivity index (χ1n) is 7.45. The summed E-state index contributed by atoms with van der Waals surface area (Å²) in [7, 11) is 1.44. The molecule has 0 bridgehead atoms. The Labute approximate surface area is 130 Å². The Morgan fingerprint density at radius 2 is 1.68 bits per heavy atom. The third-order valence-electron chi connectivity index (χ3n) is 3.22. The summed E-state index contributed by atoms with van der Waals surface area (Å²) in [6.45, 7) is 2.14. The van der Waals surface area contributed by atoms with E-state index in [-0.39, 0.29) is 18.6 Å². The second-order valence-corrected chi connectivity index (χ2v) is 4.98. The lowest BCUT2D eigenvalue weighted by molar-refractivity contribution is -0.121. The molecule has 6 heteroatoms. The van der Waals surface area contributed by atoms with Gasteiger partial charge in [-0.1, -0.05) is 37.6 Å². The molecule has 1 rings (SSSR count). The van der Waals surface area contributed by atoms with E-state index in [2.05, 4.69) is 23.1 Å². The maximum absolute atomic E-state index is 12.0. The van der Waals surface area contributed by atoms with Crippen molar-refractivity contribution in [1.29, 1.82) is 0 Å². The molecule has 120 valence electrons. The van der Waals surface area contributed by atoms with E-state index in [0.29, 0.717) is 5.56 Å². The number of Topliss-reactive ketones (excluding diaryl/α,β-unsaturated/α-hetero) is 1. The quantitative estimate of drug-likeness (QED) is 0.531. The normalized spacial score (nSPS) is 9.91. The first-order valence-corrected chi connectivity index (χ1v) is 7.45. The fourth-order valence-corrected chi connectivity index (χ4v) is 1.86. The van der Waals surface area contributed by atoms with Gasteiger partial charge in [-0.05, 0) is 18.4 Å². The molecule has 0 saturated heterocycles. The highest BCUT2D eigenvalue weighted by Gasteiger charge is 2.09. The lowest BCUT2D eigenvalue weighted by Gasteiger charge is -2.06. The average molecular weight is 305 g/mol. The van der Waals surface area contributed by atoms with Crippen molar-refractivity contribution in [3.05, 3.63) is 35.4 Å². The highest BCUT2D eigenvalue weighted by molar-refractivity contribution is 5.98. The van der Waals surface area contributed by atoms with Gasteiger partial charge in [-0.2, -0.15) is 0 Å². The number of carbonyl (C=O) groups is 3. The Kier molecular flexibility index (Phi) is 7.67. The predicted molar refractivity (Wildman–Crippen MR) is 84.4 cm³/mol. The highest BCUT2D eigenvalue weighted by Crippen LogP contribution is 2.10. The Hall–Kier alpha value is -2.37. The van der Waals surface area contributed by atoms with E-state index in [9.17, 15) is 14.4 Å². The summed E-state index contributed by atoms with van der Waals surface area (Å²) in [5.74, 6) is -0.492. The standard InChI is InChI=1S/C16H23N3O3/c1-3-4-5-12-6-8-13(9-7-12)14(20)10-11-15(21)18-19-16(22)17-2/h6-9H,3-5,10-11H2,1-2H3,(H,18,21)(H2,17,19,22). The van der Waals surface area contributed by atoms with E-state index in [1.165, 1.54) is 12.6 Å². The topological polar surface area (TPSA) is 87.3 Å². The van der Waals surface area contributed by atoms with Crippen LogP contribution < -0.4 is 16.2 Å². The summed E-state index contributed by atoms with van der Waals surface area (Å²) in [5.41, 5.74) is 6.20. The summed E-state index contributed by atoms with van der Waals surface area (Å²) in [5, 5.41) is 2.30. The van der Waals surface area contributed by atoms with Gasteiger partial charge in [-0.3, -0.25) is 15.0 Å². The Balaban J connectivity index is 2.38. The summed E-state index contributed by atoms with van der Waals surface area (Å²) in [4.78, 5) is 34.3. The van der Waals surface area contributed by atoms with Gasteiger partial charge >= 0.3 is 6.03 Å². The largest absolute Gasteiger partial charge is 0.340 e. The molecule has 1 aromatic rings. The highest BCUT2D eigenvalue weighted by atomic mass is 16.2. The van der Waals surface area contributed by atoms with Crippen LogP contribution in [0, 0.1) is 0 Å². The summed E-state index contributed by atoms with van der Waals surface area (Å²) in [6.07, 6.45) is 3.42. The molecule has 22 heavy (non-hydrogen) atoms. The third-order valence-corrected chi connectivity index (χ3v) is 3.22. The lowest BCUT2D eigenvalue weighted by atomic mass is 10.0. The SMILES string of the molecule is CCCCc1ccc(C(=O)CCC(=O)NNC(=O)NC)cc1. The van der Waals surface area contributed by atoms with E-state index in [0.717, 1.165) is 19.3 Å². The van der Waals surface area contributed by atoms with E-state index in [1.807, 2.05) is 12.1 Å². The zero-order valence-corrected chi connectivity index (χ0v) is 13.1. The number of unbranched alkanes of at least 4 members (excludes halogenated alkanes) is 1. The molecule has 0 heterocycles. The van der Waals surface area contributed by atoms with Crippen molar-refractivity contribution < 1.29 is 14.4 Å². The van der Waals surface area contributed by atoms with Gasteiger partial charge in [0.25, 0.3) is 0 Å². The van der Waals surface area contributed by atoms with E-state index < -0.39 is 11.9 Å². The molecule has 0 spiro atoms. The number of nitrogens with one attached hydrogen (secondary N) is 3. The lowest BCUT2D eigenvalue weighted by Crippen LogP contribution is -2.45. The number of amides is 3. The number of hydrogen-bond acceptors (Lipinski definition) is 3. The maximum atomic E-state index is 12.0. The number of carbonyl (C=O) groups excluding carboxylic acids is 3. The van der Waals surface area contributed by atoms with Gasteiger partial charge in [0.05, 0.1) is 0 Å². The number of hydrazine groups is 1. The molecule has 0 unspecified atom stereocenters. The number of urea groups is 1. The molecule has 0 aliphatic heterocycles. The smallest absolute Gasteiger partial charge is 0.333 e.